The first kappa shape index (κ1) is 6.09. The van der Waals surface area contributed by atoms with Crippen LogP contribution >= 0.6 is 0 Å². The molecule has 0 saturated heterocycles. The number of nitrogens with one attached hydrogen (secondary N) is 1. The maximum atomic E-state index is 3.27. The van der Waals surface area contributed by atoms with E-state index < -0.39 is 0 Å². The second kappa shape index (κ2) is 1.73. The molecular weight excluding hydrogens is 98.1 g/mol. The van der Waals surface area contributed by atoms with Crippen molar-refractivity contribution in [3.05, 3.63) is 0 Å². The average molecular weight is 113 g/mol. The van der Waals surface area contributed by atoms with Crippen molar-refractivity contribution in [1.82, 2.24) is 5.32 Å². The Morgan fingerprint density at radius 3 is 2.12 bits per heavy atom. The average Bonchev–Trinajstić information content (AvgIpc) is 2.47. The lowest BCUT2D eigenvalue weighted by Crippen LogP contribution is -2.29. The Morgan fingerprint density at radius 1 is 1.50 bits per heavy atom. The summed E-state index contributed by atoms with van der Waals surface area (Å²) in [6.45, 7) is 4.60. The minimum atomic E-state index is 0.648. The highest BCUT2D eigenvalue weighted by molar-refractivity contribution is 4.95. The van der Waals surface area contributed by atoms with Crippen LogP contribution in [-0.2, 0) is 0 Å². The summed E-state index contributed by atoms with van der Waals surface area (Å²) in [4.78, 5) is 0. The molecule has 0 amide bonds. The Balaban J connectivity index is 2.34. The molecule has 0 radical (unpaired) electrons. The van der Waals surface area contributed by atoms with Gasteiger partial charge in [-0.25, -0.2) is 0 Å². The largest absolute Gasteiger partial charge is 0.317 e. The lowest BCUT2D eigenvalue weighted by molar-refractivity contribution is 0.406. The van der Waals surface area contributed by atoms with Crippen LogP contribution in [0.15, 0.2) is 0 Å². The van der Waals surface area contributed by atoms with Crippen LogP contribution in [-0.4, -0.2) is 13.1 Å². The maximum Gasteiger partial charge on any atom is 0.00895 e. The normalized spacial score (nSPS) is 27.4. The molecule has 0 aromatic rings. The van der Waals surface area contributed by atoms with Crippen LogP contribution in [0.25, 0.3) is 0 Å². The zero-order chi connectivity index (χ0) is 6.20. The van der Waals surface area contributed by atoms with Gasteiger partial charge in [0.1, 0.15) is 0 Å². The summed E-state index contributed by atoms with van der Waals surface area (Å²) in [7, 11) is 2.04. The van der Waals surface area contributed by atoms with Gasteiger partial charge in [-0.1, -0.05) is 6.92 Å². The summed E-state index contributed by atoms with van der Waals surface area (Å²) in [5.41, 5.74) is 0.648. The van der Waals surface area contributed by atoms with Crippen LogP contribution in [0, 0.1) is 5.41 Å². The Labute approximate surface area is 51.5 Å². The van der Waals surface area contributed by atoms with Gasteiger partial charge in [0.05, 0.1) is 0 Å². The fraction of sp³-hybridized carbons (Fsp3) is 1.00. The predicted molar refractivity (Wildman–Crippen MR) is 35.9 cm³/mol. The highest BCUT2D eigenvalue weighted by Gasteiger charge is 2.41. The van der Waals surface area contributed by atoms with E-state index in [1.807, 2.05) is 7.05 Å². The van der Waals surface area contributed by atoms with E-state index in [-0.39, 0.29) is 0 Å². The molecule has 8 heavy (non-hydrogen) atoms. The van der Waals surface area contributed by atoms with Crippen LogP contribution in [0.3, 0.4) is 0 Å². The first-order valence-electron chi connectivity index (χ1n) is 3.36. The zero-order valence-electron chi connectivity index (χ0n) is 5.99. The summed E-state index contributed by atoms with van der Waals surface area (Å²) < 4.78 is 0. The van der Waals surface area contributed by atoms with Gasteiger partial charge in [-0.15, -0.1) is 0 Å². The third-order valence-electron chi connectivity index (χ3n) is 2.52. The Morgan fingerprint density at radius 2 is 2.00 bits per heavy atom. The summed E-state index contributed by atoms with van der Waals surface area (Å²) in [6.07, 6.45) is 2.82. The molecule has 1 heteroatoms. The van der Waals surface area contributed by atoms with Gasteiger partial charge in [-0.3, -0.25) is 0 Å². The van der Waals surface area contributed by atoms with Crippen LogP contribution in [0.2, 0.25) is 0 Å². The molecule has 1 unspecified atom stereocenters. The molecule has 0 aromatic heterocycles. The van der Waals surface area contributed by atoms with Crippen molar-refractivity contribution < 1.29 is 0 Å². The van der Waals surface area contributed by atoms with Gasteiger partial charge in [0.25, 0.3) is 0 Å². The second-order valence-corrected chi connectivity index (χ2v) is 3.16. The fourth-order valence-corrected chi connectivity index (χ4v) is 0.979. The van der Waals surface area contributed by atoms with Gasteiger partial charge < -0.3 is 5.32 Å². The van der Waals surface area contributed by atoms with E-state index in [0.29, 0.717) is 11.5 Å². The van der Waals surface area contributed by atoms with E-state index in [9.17, 15) is 0 Å². The zero-order valence-corrected chi connectivity index (χ0v) is 5.99. The molecule has 1 fully saturated rings. The molecule has 1 rings (SSSR count). The van der Waals surface area contributed by atoms with Gasteiger partial charge in [0.2, 0.25) is 0 Å². The fourth-order valence-electron chi connectivity index (χ4n) is 0.979. The summed E-state index contributed by atoms with van der Waals surface area (Å²) >= 11 is 0. The van der Waals surface area contributed by atoms with E-state index in [4.69, 9.17) is 0 Å². The van der Waals surface area contributed by atoms with Gasteiger partial charge in [-0.05, 0) is 32.2 Å². The summed E-state index contributed by atoms with van der Waals surface area (Å²) in [5, 5.41) is 3.27. The first-order chi connectivity index (χ1) is 3.69. The van der Waals surface area contributed by atoms with Gasteiger partial charge in [0, 0.05) is 6.04 Å². The SMILES string of the molecule is CNC(C)C1(C)CC1. The highest BCUT2D eigenvalue weighted by atomic mass is 14.9. The highest BCUT2D eigenvalue weighted by Crippen LogP contribution is 2.47. The van der Waals surface area contributed by atoms with Crippen molar-refractivity contribution >= 4 is 0 Å². The molecule has 0 heterocycles. The van der Waals surface area contributed by atoms with Crippen molar-refractivity contribution in [3.63, 3.8) is 0 Å². The summed E-state index contributed by atoms with van der Waals surface area (Å²) in [5.74, 6) is 0. The molecule has 0 aromatic carbocycles. The molecular formula is C7H15N. The number of rotatable bonds is 2. The Bertz CT molecular complexity index is 84.4. The molecule has 1 aliphatic rings. The number of hydrogen-bond acceptors (Lipinski definition) is 1. The standard InChI is InChI=1S/C7H15N/c1-6(8-3)7(2)4-5-7/h6,8H,4-5H2,1-3H3. The monoisotopic (exact) mass is 113 g/mol. The van der Waals surface area contributed by atoms with Crippen molar-refractivity contribution in [2.24, 2.45) is 5.41 Å². The third-order valence-corrected chi connectivity index (χ3v) is 2.52. The van der Waals surface area contributed by atoms with E-state index in [0.717, 1.165) is 0 Å². The minimum Gasteiger partial charge on any atom is -0.317 e. The lowest BCUT2D eigenvalue weighted by Gasteiger charge is -2.16. The maximum absolute atomic E-state index is 3.27. The Kier molecular flexibility index (Phi) is 1.31. The topological polar surface area (TPSA) is 12.0 Å². The molecule has 48 valence electrons. The summed E-state index contributed by atoms with van der Waals surface area (Å²) in [6, 6.07) is 0.711. The van der Waals surface area contributed by atoms with Gasteiger partial charge in [-0.2, -0.15) is 0 Å². The van der Waals surface area contributed by atoms with E-state index in [1.165, 1.54) is 12.8 Å². The van der Waals surface area contributed by atoms with Crippen LogP contribution in [0.4, 0.5) is 0 Å². The van der Waals surface area contributed by atoms with Gasteiger partial charge >= 0.3 is 0 Å². The van der Waals surface area contributed by atoms with E-state index >= 15 is 0 Å². The Hall–Kier alpha value is -0.0400. The smallest absolute Gasteiger partial charge is 0.00895 e. The quantitative estimate of drug-likeness (QED) is 0.570. The van der Waals surface area contributed by atoms with Crippen LogP contribution in [0.1, 0.15) is 26.7 Å². The lowest BCUT2D eigenvalue weighted by atomic mass is 10.0. The van der Waals surface area contributed by atoms with E-state index in [2.05, 4.69) is 19.2 Å². The van der Waals surface area contributed by atoms with Gasteiger partial charge in [0.15, 0.2) is 0 Å². The molecule has 1 N–H and O–H groups in total. The molecule has 0 bridgehead atoms. The van der Waals surface area contributed by atoms with E-state index in [1.54, 1.807) is 0 Å². The molecule has 1 saturated carbocycles. The van der Waals surface area contributed by atoms with Crippen molar-refractivity contribution in [1.29, 1.82) is 0 Å². The minimum absolute atomic E-state index is 0.648. The van der Waals surface area contributed by atoms with Crippen molar-refractivity contribution in [2.45, 2.75) is 32.7 Å². The second-order valence-electron chi connectivity index (χ2n) is 3.16. The molecule has 0 spiro atoms. The van der Waals surface area contributed by atoms with Crippen molar-refractivity contribution in [2.75, 3.05) is 7.05 Å². The van der Waals surface area contributed by atoms with Crippen molar-refractivity contribution in [3.8, 4) is 0 Å². The molecule has 1 aliphatic carbocycles. The molecule has 0 aliphatic heterocycles. The van der Waals surface area contributed by atoms with Crippen LogP contribution < -0.4 is 5.32 Å². The number of hydrogen-bond donors (Lipinski definition) is 1. The molecule has 1 nitrogen and oxygen atoms in total. The van der Waals surface area contributed by atoms with Crippen LogP contribution in [0.5, 0.6) is 0 Å². The first-order valence-corrected chi connectivity index (χ1v) is 3.36. The molecule has 1 atom stereocenters. The predicted octanol–water partition coefficient (Wildman–Crippen LogP) is 1.39. The third kappa shape index (κ3) is 0.873.